The fourth-order valence-corrected chi connectivity index (χ4v) is 7.36. The maximum atomic E-state index is 10.0. The molecule has 0 aromatic rings. The summed E-state index contributed by atoms with van der Waals surface area (Å²) in [5, 5.41) is 10.0. The van der Waals surface area contributed by atoms with E-state index in [0.717, 1.165) is 36.5 Å². The highest BCUT2D eigenvalue weighted by Crippen LogP contribution is 2.64. The van der Waals surface area contributed by atoms with Crippen LogP contribution >= 0.6 is 0 Å². The molecule has 1 nitrogen and oxygen atoms in total. The van der Waals surface area contributed by atoms with Crippen LogP contribution in [0.25, 0.3) is 0 Å². The number of allylic oxidation sites excluding steroid dienone is 2. The summed E-state index contributed by atoms with van der Waals surface area (Å²) in [6.45, 7) is 9.41. The first-order chi connectivity index (χ1) is 11.5. The molecular weight excluding hydrogens is 292 g/mol. The molecule has 6 atom stereocenters. The van der Waals surface area contributed by atoms with Gasteiger partial charge in [-0.25, -0.2) is 0 Å². The average Bonchev–Trinajstić information content (AvgIpc) is 2.92. The Morgan fingerprint density at radius 3 is 2.79 bits per heavy atom. The minimum Gasteiger partial charge on any atom is -0.393 e. The van der Waals surface area contributed by atoms with Crippen molar-refractivity contribution in [3.8, 4) is 0 Å². The van der Waals surface area contributed by atoms with Crippen LogP contribution in [0.5, 0.6) is 0 Å². The summed E-state index contributed by atoms with van der Waals surface area (Å²) in [7, 11) is 0. The molecule has 2 fully saturated rings. The van der Waals surface area contributed by atoms with Gasteiger partial charge in [0.25, 0.3) is 0 Å². The zero-order valence-electron chi connectivity index (χ0n) is 15.8. The van der Waals surface area contributed by atoms with Crippen LogP contribution in [-0.2, 0) is 0 Å². The van der Waals surface area contributed by atoms with E-state index < -0.39 is 0 Å². The fraction of sp³-hybridized carbons (Fsp3) is 0.826. The van der Waals surface area contributed by atoms with Crippen molar-refractivity contribution in [1.29, 1.82) is 0 Å². The summed E-state index contributed by atoms with van der Waals surface area (Å²) in [4.78, 5) is 0. The Bertz CT molecular complexity index is 544. The molecular formula is C23H36O. The Kier molecular flexibility index (Phi) is 4.44. The second kappa shape index (κ2) is 6.31. The largest absolute Gasteiger partial charge is 0.393 e. The van der Waals surface area contributed by atoms with E-state index in [1.807, 2.05) is 0 Å². The summed E-state index contributed by atoms with van der Waals surface area (Å²) < 4.78 is 0. The van der Waals surface area contributed by atoms with Crippen LogP contribution < -0.4 is 0 Å². The lowest BCUT2D eigenvalue weighted by atomic mass is 9.52. The van der Waals surface area contributed by atoms with Crippen molar-refractivity contribution in [3.63, 3.8) is 0 Å². The standard InChI is InChI=1S/C23H36O/c1-4-5-15(2)21-10-11-22-20-8-6-16-14-17(24)7-9-18(16)19(20)12-13-23(21,22)3/h17,19-22,24H,2,4-14H2,1,3H3/t17-,19+,20+,21+,22-,23+/m0/s1. The summed E-state index contributed by atoms with van der Waals surface area (Å²) in [5.41, 5.74) is 5.54. The third kappa shape index (κ3) is 2.54. The van der Waals surface area contributed by atoms with Gasteiger partial charge in [-0.05, 0) is 93.3 Å². The van der Waals surface area contributed by atoms with Crippen LogP contribution in [0, 0.1) is 29.1 Å². The Hall–Kier alpha value is -0.560. The quantitative estimate of drug-likeness (QED) is 0.626. The second-order valence-electron chi connectivity index (χ2n) is 9.52. The van der Waals surface area contributed by atoms with Crippen molar-refractivity contribution < 1.29 is 5.11 Å². The van der Waals surface area contributed by atoms with E-state index in [1.54, 1.807) is 16.7 Å². The first-order valence-corrected chi connectivity index (χ1v) is 10.6. The molecule has 0 unspecified atom stereocenters. The molecule has 4 aliphatic carbocycles. The summed E-state index contributed by atoms with van der Waals surface area (Å²) >= 11 is 0. The smallest absolute Gasteiger partial charge is 0.0580 e. The Labute approximate surface area is 148 Å². The average molecular weight is 329 g/mol. The predicted octanol–water partition coefficient (Wildman–Crippen LogP) is 6.04. The lowest BCUT2D eigenvalue weighted by Crippen LogP contribution is -2.44. The molecule has 0 heterocycles. The van der Waals surface area contributed by atoms with E-state index >= 15 is 0 Å². The van der Waals surface area contributed by atoms with Gasteiger partial charge in [-0.3, -0.25) is 0 Å². The Balaban J connectivity index is 1.57. The van der Waals surface area contributed by atoms with Crippen LogP contribution in [0.2, 0.25) is 0 Å². The van der Waals surface area contributed by atoms with E-state index in [9.17, 15) is 5.11 Å². The zero-order chi connectivity index (χ0) is 16.9. The topological polar surface area (TPSA) is 20.2 Å². The maximum absolute atomic E-state index is 10.0. The maximum Gasteiger partial charge on any atom is 0.0580 e. The normalized spacial score (nSPS) is 44.7. The number of aliphatic hydroxyl groups is 1. The van der Waals surface area contributed by atoms with Crippen LogP contribution in [0.1, 0.15) is 84.5 Å². The van der Waals surface area contributed by atoms with Gasteiger partial charge in [-0.1, -0.05) is 43.6 Å². The fourth-order valence-electron chi connectivity index (χ4n) is 7.36. The van der Waals surface area contributed by atoms with Crippen LogP contribution in [0.3, 0.4) is 0 Å². The lowest BCUT2D eigenvalue weighted by Gasteiger charge is -2.52. The first kappa shape index (κ1) is 16.9. The van der Waals surface area contributed by atoms with E-state index in [2.05, 4.69) is 20.4 Å². The zero-order valence-corrected chi connectivity index (χ0v) is 15.8. The molecule has 4 rings (SSSR count). The second-order valence-corrected chi connectivity index (χ2v) is 9.52. The predicted molar refractivity (Wildman–Crippen MR) is 101 cm³/mol. The summed E-state index contributed by atoms with van der Waals surface area (Å²) in [6, 6.07) is 0. The first-order valence-electron chi connectivity index (χ1n) is 10.6. The van der Waals surface area contributed by atoms with Gasteiger partial charge < -0.3 is 5.11 Å². The minimum atomic E-state index is -0.0533. The van der Waals surface area contributed by atoms with Gasteiger partial charge in [0.2, 0.25) is 0 Å². The van der Waals surface area contributed by atoms with Crippen LogP contribution in [0.15, 0.2) is 23.3 Å². The van der Waals surface area contributed by atoms with E-state index in [1.165, 1.54) is 57.8 Å². The molecule has 134 valence electrons. The van der Waals surface area contributed by atoms with Gasteiger partial charge in [-0.15, -0.1) is 0 Å². The van der Waals surface area contributed by atoms with Crippen molar-refractivity contribution in [3.05, 3.63) is 23.3 Å². The van der Waals surface area contributed by atoms with Crippen molar-refractivity contribution in [1.82, 2.24) is 0 Å². The molecule has 0 radical (unpaired) electrons. The summed E-state index contributed by atoms with van der Waals surface area (Å²) in [5.74, 6) is 3.50. The number of rotatable bonds is 3. The molecule has 2 saturated carbocycles. The molecule has 4 aliphatic rings. The highest BCUT2D eigenvalue weighted by atomic mass is 16.3. The van der Waals surface area contributed by atoms with Gasteiger partial charge >= 0.3 is 0 Å². The molecule has 0 aromatic carbocycles. The van der Waals surface area contributed by atoms with Crippen molar-refractivity contribution in [2.75, 3.05) is 0 Å². The SMILES string of the molecule is C=C(CCC)[C@H]1CC[C@H]2[C@@H]3CCC4=C(CC[C@H](O)C4)[C@H]3CC[C@]12C. The molecule has 0 bridgehead atoms. The third-order valence-electron chi connectivity index (χ3n) is 8.41. The van der Waals surface area contributed by atoms with Gasteiger partial charge in [0.15, 0.2) is 0 Å². The molecule has 0 aliphatic heterocycles. The Morgan fingerprint density at radius 1 is 1.17 bits per heavy atom. The monoisotopic (exact) mass is 328 g/mol. The molecule has 1 heteroatoms. The molecule has 0 amide bonds. The Morgan fingerprint density at radius 2 is 2.00 bits per heavy atom. The number of fused-ring (bicyclic) bond motifs is 4. The van der Waals surface area contributed by atoms with Crippen molar-refractivity contribution in [2.24, 2.45) is 29.1 Å². The van der Waals surface area contributed by atoms with Crippen LogP contribution in [0.4, 0.5) is 0 Å². The molecule has 0 aromatic heterocycles. The number of aliphatic hydroxyl groups excluding tert-OH is 1. The van der Waals surface area contributed by atoms with Crippen molar-refractivity contribution in [2.45, 2.75) is 90.6 Å². The minimum absolute atomic E-state index is 0.0533. The van der Waals surface area contributed by atoms with E-state index in [-0.39, 0.29) is 6.10 Å². The molecule has 0 saturated heterocycles. The highest BCUT2D eigenvalue weighted by molar-refractivity contribution is 5.28. The van der Waals surface area contributed by atoms with E-state index in [4.69, 9.17) is 0 Å². The van der Waals surface area contributed by atoms with Gasteiger partial charge in [-0.2, -0.15) is 0 Å². The third-order valence-corrected chi connectivity index (χ3v) is 8.41. The molecule has 1 N–H and O–H groups in total. The molecule has 0 spiro atoms. The van der Waals surface area contributed by atoms with Crippen LogP contribution in [-0.4, -0.2) is 11.2 Å². The van der Waals surface area contributed by atoms with E-state index in [0.29, 0.717) is 5.41 Å². The van der Waals surface area contributed by atoms with Crippen molar-refractivity contribution >= 4 is 0 Å². The van der Waals surface area contributed by atoms with Gasteiger partial charge in [0.1, 0.15) is 0 Å². The molecule has 24 heavy (non-hydrogen) atoms. The lowest BCUT2D eigenvalue weighted by molar-refractivity contribution is 0.0182. The number of hydrogen-bond acceptors (Lipinski definition) is 1. The number of hydrogen-bond donors (Lipinski definition) is 1. The summed E-state index contributed by atoms with van der Waals surface area (Å²) in [6.07, 6.45) is 13.9. The van der Waals surface area contributed by atoms with Gasteiger partial charge in [0.05, 0.1) is 6.10 Å². The van der Waals surface area contributed by atoms with Gasteiger partial charge in [0, 0.05) is 0 Å². The highest BCUT2D eigenvalue weighted by Gasteiger charge is 2.55.